The van der Waals surface area contributed by atoms with Crippen molar-refractivity contribution in [2.24, 2.45) is 0 Å². The molecule has 2 N–H and O–H groups in total. The van der Waals surface area contributed by atoms with Gasteiger partial charge in [-0.15, -0.1) is 12.3 Å². The molecular formula is C12H18N2O4. The summed E-state index contributed by atoms with van der Waals surface area (Å²) in [7, 11) is 1.23. The molecule has 0 radical (unpaired) electrons. The molecule has 0 unspecified atom stereocenters. The molecule has 0 saturated heterocycles. The van der Waals surface area contributed by atoms with Crippen molar-refractivity contribution in [2.75, 3.05) is 7.11 Å². The number of rotatable bonds is 5. The summed E-state index contributed by atoms with van der Waals surface area (Å²) in [6, 6.07) is -0.864. The zero-order chi connectivity index (χ0) is 14.3. The molecule has 0 aliphatic rings. The quantitative estimate of drug-likeness (QED) is 0.515. The molecule has 0 heterocycles. The van der Waals surface area contributed by atoms with Crippen molar-refractivity contribution in [3.8, 4) is 12.3 Å². The van der Waals surface area contributed by atoms with Gasteiger partial charge in [0.15, 0.2) is 0 Å². The number of hydrogen-bond acceptors (Lipinski definition) is 4. The normalized spacial score (nSPS) is 11.9. The Morgan fingerprint density at radius 3 is 2.33 bits per heavy atom. The van der Waals surface area contributed by atoms with Crippen LogP contribution in [-0.2, 0) is 19.1 Å². The van der Waals surface area contributed by atoms with Gasteiger partial charge >= 0.3 is 5.97 Å². The summed E-state index contributed by atoms with van der Waals surface area (Å²) < 4.78 is 4.56. The summed E-state index contributed by atoms with van der Waals surface area (Å²) in [5, 5.41) is 4.89. The van der Waals surface area contributed by atoms with Gasteiger partial charge in [0, 0.05) is 13.3 Å². The largest absolute Gasteiger partial charge is 0.467 e. The maximum Gasteiger partial charge on any atom is 0.330 e. The van der Waals surface area contributed by atoms with Gasteiger partial charge in [-0.1, -0.05) is 0 Å². The number of methoxy groups -OCH3 is 1. The second-order valence-electron chi connectivity index (χ2n) is 4.27. The minimum absolute atomic E-state index is 0.0443. The first kappa shape index (κ1) is 16.0. The lowest BCUT2D eigenvalue weighted by atomic mass is 10.0. The van der Waals surface area contributed by atoms with Crippen LogP contribution >= 0.6 is 0 Å². The van der Waals surface area contributed by atoms with Gasteiger partial charge in [-0.2, -0.15) is 0 Å². The molecule has 1 atom stereocenters. The van der Waals surface area contributed by atoms with E-state index in [4.69, 9.17) is 6.42 Å². The number of ether oxygens (including phenoxy) is 1. The molecule has 100 valence electrons. The van der Waals surface area contributed by atoms with Gasteiger partial charge < -0.3 is 15.4 Å². The average molecular weight is 254 g/mol. The molecular weight excluding hydrogens is 236 g/mol. The third-order valence-corrected chi connectivity index (χ3v) is 2.15. The Morgan fingerprint density at radius 1 is 1.39 bits per heavy atom. The fourth-order valence-corrected chi connectivity index (χ4v) is 1.27. The molecule has 6 nitrogen and oxygen atoms in total. The monoisotopic (exact) mass is 254 g/mol. The highest BCUT2D eigenvalue weighted by Gasteiger charge is 2.33. The van der Waals surface area contributed by atoms with Gasteiger partial charge in [0.05, 0.1) is 7.11 Å². The van der Waals surface area contributed by atoms with Gasteiger partial charge in [0.1, 0.15) is 11.6 Å². The number of amides is 2. The molecule has 0 spiro atoms. The van der Waals surface area contributed by atoms with Crippen LogP contribution in [0.1, 0.15) is 27.2 Å². The molecule has 0 fully saturated rings. The number of esters is 1. The third kappa shape index (κ3) is 4.87. The lowest BCUT2D eigenvalue weighted by Gasteiger charge is -2.25. The zero-order valence-corrected chi connectivity index (χ0v) is 11.0. The van der Waals surface area contributed by atoms with Crippen molar-refractivity contribution in [3.05, 3.63) is 0 Å². The molecule has 18 heavy (non-hydrogen) atoms. The summed E-state index contributed by atoms with van der Waals surface area (Å²) in [6.45, 7) is 4.27. The highest BCUT2D eigenvalue weighted by Crippen LogP contribution is 2.05. The second-order valence-corrected chi connectivity index (χ2v) is 4.27. The summed E-state index contributed by atoms with van der Waals surface area (Å²) in [5.74, 6) is 0.803. The Morgan fingerprint density at radius 2 is 1.94 bits per heavy atom. The van der Waals surface area contributed by atoms with Crippen LogP contribution in [0.3, 0.4) is 0 Å². The van der Waals surface area contributed by atoms with E-state index < -0.39 is 23.5 Å². The first-order chi connectivity index (χ1) is 8.24. The first-order valence-corrected chi connectivity index (χ1v) is 5.35. The molecule has 0 aromatic heterocycles. The molecule has 0 aromatic carbocycles. The van der Waals surface area contributed by atoms with E-state index in [-0.39, 0.29) is 12.3 Å². The van der Waals surface area contributed by atoms with E-state index in [1.54, 1.807) is 0 Å². The van der Waals surface area contributed by atoms with Crippen LogP contribution in [0, 0.1) is 12.3 Å². The predicted octanol–water partition coefficient (Wildman–Crippen LogP) is -0.418. The number of nitrogens with one attached hydrogen (secondary N) is 2. The van der Waals surface area contributed by atoms with Gasteiger partial charge in [-0.3, -0.25) is 9.59 Å². The van der Waals surface area contributed by atoms with Gasteiger partial charge in [0.2, 0.25) is 11.8 Å². The number of hydrogen-bond donors (Lipinski definition) is 2. The maximum absolute atomic E-state index is 11.9. The lowest BCUT2D eigenvalue weighted by Crippen LogP contribution is -2.56. The van der Waals surface area contributed by atoms with Crippen LogP contribution in [-0.4, -0.2) is 36.5 Å². The van der Waals surface area contributed by atoms with Crippen molar-refractivity contribution in [3.63, 3.8) is 0 Å². The van der Waals surface area contributed by atoms with E-state index in [2.05, 4.69) is 21.3 Å². The van der Waals surface area contributed by atoms with E-state index in [0.29, 0.717) is 0 Å². The van der Waals surface area contributed by atoms with Crippen molar-refractivity contribution in [1.82, 2.24) is 10.6 Å². The van der Waals surface area contributed by atoms with Gasteiger partial charge in [-0.25, -0.2) is 4.79 Å². The SMILES string of the molecule is C#CC[C@H](NC(C)=O)C(=O)NC(C)(C)C(=O)OC. The van der Waals surface area contributed by atoms with Crippen LogP contribution in [0.4, 0.5) is 0 Å². The standard InChI is InChI=1S/C12H18N2O4/c1-6-7-9(13-8(2)15)10(16)14-12(3,4)11(17)18-5/h1,9H,7H2,2-5H3,(H,13,15)(H,14,16)/t9-/m0/s1. The smallest absolute Gasteiger partial charge is 0.330 e. The maximum atomic E-state index is 11.9. The third-order valence-electron chi connectivity index (χ3n) is 2.15. The fraction of sp³-hybridized carbons (Fsp3) is 0.583. The van der Waals surface area contributed by atoms with Crippen molar-refractivity contribution >= 4 is 17.8 Å². The zero-order valence-electron chi connectivity index (χ0n) is 11.0. The van der Waals surface area contributed by atoms with Crippen molar-refractivity contribution in [2.45, 2.75) is 38.8 Å². The highest BCUT2D eigenvalue weighted by atomic mass is 16.5. The Balaban J connectivity index is 4.75. The average Bonchev–Trinajstić information content (AvgIpc) is 2.26. The molecule has 6 heteroatoms. The first-order valence-electron chi connectivity index (χ1n) is 5.35. The van der Waals surface area contributed by atoms with E-state index in [1.165, 1.54) is 27.9 Å². The number of terminal acetylenes is 1. The van der Waals surface area contributed by atoms with Crippen LogP contribution in [0.25, 0.3) is 0 Å². The Kier molecular flexibility index (Phi) is 5.89. The van der Waals surface area contributed by atoms with Crippen LogP contribution in [0.2, 0.25) is 0 Å². The summed E-state index contributed by atoms with van der Waals surface area (Å²) in [6.07, 6.45) is 5.16. The van der Waals surface area contributed by atoms with Crippen LogP contribution in [0.5, 0.6) is 0 Å². The minimum atomic E-state index is -1.18. The summed E-state index contributed by atoms with van der Waals surface area (Å²) in [4.78, 5) is 34.2. The lowest BCUT2D eigenvalue weighted by molar-refractivity contribution is -0.149. The molecule has 0 aliphatic heterocycles. The topological polar surface area (TPSA) is 84.5 Å². The van der Waals surface area contributed by atoms with E-state index in [9.17, 15) is 14.4 Å². The Bertz CT molecular complexity index is 382. The van der Waals surface area contributed by atoms with Gasteiger partial charge in [0.25, 0.3) is 0 Å². The van der Waals surface area contributed by atoms with Gasteiger partial charge in [-0.05, 0) is 13.8 Å². The summed E-state index contributed by atoms with van der Waals surface area (Å²) in [5.41, 5.74) is -1.18. The number of carbonyl (C=O) groups is 3. The molecule has 0 aliphatic carbocycles. The minimum Gasteiger partial charge on any atom is -0.467 e. The second kappa shape index (κ2) is 6.64. The van der Waals surface area contributed by atoms with Crippen molar-refractivity contribution in [1.29, 1.82) is 0 Å². The molecule has 0 aromatic rings. The highest BCUT2D eigenvalue weighted by molar-refractivity contribution is 5.92. The van der Waals surface area contributed by atoms with Crippen LogP contribution < -0.4 is 10.6 Å². The fourth-order valence-electron chi connectivity index (χ4n) is 1.27. The molecule has 0 bridgehead atoms. The van der Waals surface area contributed by atoms with E-state index in [0.717, 1.165) is 0 Å². The van der Waals surface area contributed by atoms with E-state index in [1.807, 2.05) is 0 Å². The molecule has 0 saturated carbocycles. The molecule has 2 amide bonds. The summed E-state index contributed by atoms with van der Waals surface area (Å²) >= 11 is 0. The molecule has 0 rings (SSSR count). The van der Waals surface area contributed by atoms with E-state index >= 15 is 0 Å². The Labute approximate surface area is 106 Å². The van der Waals surface area contributed by atoms with Crippen molar-refractivity contribution < 1.29 is 19.1 Å². The van der Waals surface area contributed by atoms with Crippen LogP contribution in [0.15, 0.2) is 0 Å². The Hall–Kier alpha value is -2.03. The predicted molar refractivity (Wildman–Crippen MR) is 65.3 cm³/mol. The number of carbonyl (C=O) groups excluding carboxylic acids is 3.